The Morgan fingerprint density at radius 3 is 2.76 bits per heavy atom. The highest BCUT2D eigenvalue weighted by Crippen LogP contribution is 2.32. The van der Waals surface area contributed by atoms with Crippen molar-refractivity contribution in [1.29, 1.82) is 0 Å². The van der Waals surface area contributed by atoms with Gasteiger partial charge in [0.25, 0.3) is 0 Å². The van der Waals surface area contributed by atoms with E-state index in [0.29, 0.717) is 24.9 Å². The van der Waals surface area contributed by atoms with Crippen molar-refractivity contribution in [3.63, 3.8) is 0 Å². The van der Waals surface area contributed by atoms with Crippen molar-refractivity contribution in [2.45, 2.75) is 46.2 Å². The average molecular weight is 348 g/mol. The van der Waals surface area contributed by atoms with E-state index in [2.05, 4.69) is 31.9 Å². The van der Waals surface area contributed by atoms with E-state index in [4.69, 9.17) is 9.47 Å². The van der Waals surface area contributed by atoms with Crippen LogP contribution < -0.4 is 9.47 Å². The van der Waals surface area contributed by atoms with Crippen molar-refractivity contribution in [1.82, 2.24) is 9.80 Å². The minimum absolute atomic E-state index is 0.281. The van der Waals surface area contributed by atoms with E-state index in [-0.39, 0.29) is 6.04 Å². The maximum Gasteiger partial charge on any atom is 0.222 e. The Morgan fingerprint density at radius 1 is 1.36 bits per heavy atom. The standard InChI is InChI=1S/C20H32N2O3/c1-6-25-20-17(8-7-9-18(20)24-5)14-21(4)12-16-10-11-19(23)22(13-16)15(2)3/h7-9,15-16H,6,10-14H2,1-5H3. The first-order valence-electron chi connectivity index (χ1n) is 9.22. The SMILES string of the molecule is CCOc1c(CN(C)CC2CCC(=O)N(C(C)C)C2)cccc1OC. The summed E-state index contributed by atoms with van der Waals surface area (Å²) in [7, 11) is 3.80. The summed E-state index contributed by atoms with van der Waals surface area (Å²) in [6, 6.07) is 6.31. The number of para-hydroxylation sites is 1. The summed E-state index contributed by atoms with van der Waals surface area (Å²) in [5.41, 5.74) is 1.14. The molecule has 0 aromatic heterocycles. The molecule has 1 aromatic carbocycles. The van der Waals surface area contributed by atoms with Gasteiger partial charge >= 0.3 is 0 Å². The van der Waals surface area contributed by atoms with Gasteiger partial charge in [-0.25, -0.2) is 0 Å². The van der Waals surface area contributed by atoms with Gasteiger partial charge in [-0.15, -0.1) is 0 Å². The van der Waals surface area contributed by atoms with Crippen LogP contribution in [0.5, 0.6) is 11.5 Å². The lowest BCUT2D eigenvalue weighted by Gasteiger charge is -2.37. The molecule has 0 saturated carbocycles. The molecule has 1 saturated heterocycles. The molecule has 1 aliphatic rings. The summed E-state index contributed by atoms with van der Waals surface area (Å²) in [6.45, 7) is 9.42. The summed E-state index contributed by atoms with van der Waals surface area (Å²) in [4.78, 5) is 16.4. The summed E-state index contributed by atoms with van der Waals surface area (Å²) in [6.07, 6.45) is 1.64. The van der Waals surface area contributed by atoms with E-state index < -0.39 is 0 Å². The fraction of sp³-hybridized carbons (Fsp3) is 0.650. The maximum atomic E-state index is 12.0. The molecular weight excluding hydrogens is 316 g/mol. The molecule has 5 nitrogen and oxygen atoms in total. The molecule has 0 radical (unpaired) electrons. The Balaban J connectivity index is 2.00. The van der Waals surface area contributed by atoms with Gasteiger partial charge in [-0.3, -0.25) is 4.79 Å². The third-order valence-corrected chi connectivity index (χ3v) is 4.74. The molecular formula is C20H32N2O3. The van der Waals surface area contributed by atoms with Crippen molar-refractivity contribution in [3.8, 4) is 11.5 Å². The molecule has 25 heavy (non-hydrogen) atoms. The number of nitrogens with zero attached hydrogens (tertiary/aromatic N) is 2. The molecule has 1 aliphatic heterocycles. The van der Waals surface area contributed by atoms with Gasteiger partial charge in [0.15, 0.2) is 11.5 Å². The number of amides is 1. The second kappa shape index (κ2) is 9.09. The van der Waals surface area contributed by atoms with Crippen LogP contribution in [0.3, 0.4) is 0 Å². The number of hydrogen-bond donors (Lipinski definition) is 0. The Hall–Kier alpha value is -1.75. The van der Waals surface area contributed by atoms with Crippen LogP contribution in [0.2, 0.25) is 0 Å². The Labute approximate surface area is 151 Å². The number of carbonyl (C=O) groups is 1. The first kappa shape index (κ1) is 19.6. The predicted octanol–water partition coefficient (Wildman–Crippen LogP) is 3.17. The summed E-state index contributed by atoms with van der Waals surface area (Å²) in [5, 5.41) is 0. The zero-order valence-electron chi connectivity index (χ0n) is 16.2. The Morgan fingerprint density at radius 2 is 2.12 bits per heavy atom. The fourth-order valence-electron chi connectivity index (χ4n) is 3.54. The van der Waals surface area contributed by atoms with Crippen LogP contribution in [0, 0.1) is 5.92 Å². The highest BCUT2D eigenvalue weighted by Gasteiger charge is 2.28. The topological polar surface area (TPSA) is 42.0 Å². The molecule has 0 N–H and O–H groups in total. The molecule has 1 atom stereocenters. The molecule has 1 aromatic rings. The molecule has 140 valence electrons. The van der Waals surface area contributed by atoms with Crippen molar-refractivity contribution in [2.75, 3.05) is 33.9 Å². The van der Waals surface area contributed by atoms with Crippen LogP contribution in [0.4, 0.5) is 0 Å². The van der Waals surface area contributed by atoms with Crippen molar-refractivity contribution in [2.24, 2.45) is 5.92 Å². The van der Waals surface area contributed by atoms with Gasteiger partial charge in [0, 0.05) is 37.7 Å². The van der Waals surface area contributed by atoms with Gasteiger partial charge in [-0.2, -0.15) is 0 Å². The van der Waals surface area contributed by atoms with Crippen LogP contribution in [-0.2, 0) is 11.3 Å². The number of hydrogen-bond acceptors (Lipinski definition) is 4. The van der Waals surface area contributed by atoms with E-state index in [1.165, 1.54) is 0 Å². The first-order valence-corrected chi connectivity index (χ1v) is 9.22. The van der Waals surface area contributed by atoms with Crippen LogP contribution >= 0.6 is 0 Å². The van der Waals surface area contributed by atoms with E-state index in [9.17, 15) is 4.79 Å². The lowest BCUT2D eigenvalue weighted by Crippen LogP contribution is -2.46. The van der Waals surface area contributed by atoms with Crippen LogP contribution in [0.1, 0.15) is 39.2 Å². The lowest BCUT2D eigenvalue weighted by molar-refractivity contribution is -0.136. The fourth-order valence-corrected chi connectivity index (χ4v) is 3.54. The second-order valence-corrected chi connectivity index (χ2v) is 7.12. The van der Waals surface area contributed by atoms with Crippen molar-refractivity contribution in [3.05, 3.63) is 23.8 Å². The number of carbonyl (C=O) groups excluding carboxylic acids is 1. The normalized spacial score (nSPS) is 18.1. The summed E-state index contributed by atoms with van der Waals surface area (Å²) < 4.78 is 11.2. The molecule has 1 unspecified atom stereocenters. The molecule has 5 heteroatoms. The number of piperidine rings is 1. The van der Waals surface area contributed by atoms with E-state index in [1.54, 1.807) is 7.11 Å². The van der Waals surface area contributed by atoms with Gasteiger partial charge in [-0.1, -0.05) is 12.1 Å². The van der Waals surface area contributed by atoms with Crippen LogP contribution in [-0.4, -0.2) is 55.6 Å². The number of ether oxygens (including phenoxy) is 2. The molecule has 2 rings (SSSR count). The van der Waals surface area contributed by atoms with E-state index in [1.807, 2.05) is 24.0 Å². The van der Waals surface area contributed by atoms with Gasteiger partial charge < -0.3 is 19.3 Å². The summed E-state index contributed by atoms with van der Waals surface area (Å²) in [5.74, 6) is 2.43. The number of likely N-dealkylation sites (tertiary alicyclic amines) is 1. The monoisotopic (exact) mass is 348 g/mol. The first-order chi connectivity index (χ1) is 12.0. The largest absolute Gasteiger partial charge is 0.493 e. The molecule has 1 amide bonds. The predicted molar refractivity (Wildman–Crippen MR) is 100 cm³/mol. The van der Waals surface area contributed by atoms with E-state index >= 15 is 0 Å². The minimum atomic E-state index is 0.281. The number of methoxy groups -OCH3 is 1. The Kier molecular flexibility index (Phi) is 7.12. The second-order valence-electron chi connectivity index (χ2n) is 7.12. The highest BCUT2D eigenvalue weighted by atomic mass is 16.5. The smallest absolute Gasteiger partial charge is 0.222 e. The molecule has 1 heterocycles. The van der Waals surface area contributed by atoms with Gasteiger partial charge in [-0.05, 0) is 46.2 Å². The lowest BCUT2D eigenvalue weighted by atomic mass is 9.96. The highest BCUT2D eigenvalue weighted by molar-refractivity contribution is 5.77. The zero-order chi connectivity index (χ0) is 18.4. The number of benzene rings is 1. The zero-order valence-corrected chi connectivity index (χ0v) is 16.2. The van der Waals surface area contributed by atoms with Gasteiger partial charge in [0.1, 0.15) is 0 Å². The van der Waals surface area contributed by atoms with Crippen LogP contribution in [0.25, 0.3) is 0 Å². The maximum absolute atomic E-state index is 12.0. The molecule has 0 bridgehead atoms. The quantitative estimate of drug-likeness (QED) is 0.724. The average Bonchev–Trinajstić information content (AvgIpc) is 2.58. The molecule has 1 fully saturated rings. The van der Waals surface area contributed by atoms with E-state index in [0.717, 1.165) is 43.1 Å². The molecule has 0 spiro atoms. The van der Waals surface area contributed by atoms with Crippen LogP contribution in [0.15, 0.2) is 18.2 Å². The minimum Gasteiger partial charge on any atom is -0.493 e. The summed E-state index contributed by atoms with van der Waals surface area (Å²) >= 11 is 0. The molecule has 0 aliphatic carbocycles. The van der Waals surface area contributed by atoms with Crippen molar-refractivity contribution < 1.29 is 14.3 Å². The van der Waals surface area contributed by atoms with Gasteiger partial charge in [0.05, 0.1) is 13.7 Å². The third-order valence-electron chi connectivity index (χ3n) is 4.74. The Bertz CT molecular complexity index is 574. The number of rotatable bonds is 8. The third kappa shape index (κ3) is 5.11. The van der Waals surface area contributed by atoms with Gasteiger partial charge in [0.2, 0.25) is 5.91 Å². The van der Waals surface area contributed by atoms with Crippen molar-refractivity contribution >= 4 is 5.91 Å².